The fourth-order valence-electron chi connectivity index (χ4n) is 2.38. The van der Waals surface area contributed by atoms with Crippen LogP contribution in [0, 0.1) is 5.41 Å². The van der Waals surface area contributed by atoms with Crippen molar-refractivity contribution in [3.05, 3.63) is 0 Å². The zero-order chi connectivity index (χ0) is 9.20. The topological polar surface area (TPSA) is 52.3 Å². The third kappa shape index (κ3) is 0.534. The van der Waals surface area contributed by atoms with Crippen LogP contribution < -0.4 is 5.73 Å². The van der Waals surface area contributed by atoms with Gasteiger partial charge in [-0.05, 0) is 33.6 Å². The van der Waals surface area contributed by atoms with E-state index in [4.69, 9.17) is 10.5 Å². The first kappa shape index (κ1) is 8.05. The van der Waals surface area contributed by atoms with Crippen molar-refractivity contribution in [2.45, 2.75) is 44.8 Å². The molecule has 1 saturated carbocycles. The molecule has 0 aromatic rings. The Hall–Kier alpha value is -0.570. The van der Waals surface area contributed by atoms with Crippen LogP contribution in [0.25, 0.3) is 0 Å². The Balaban J connectivity index is 2.56. The fourth-order valence-corrected chi connectivity index (χ4v) is 2.38. The van der Waals surface area contributed by atoms with Gasteiger partial charge in [-0.2, -0.15) is 0 Å². The van der Waals surface area contributed by atoms with E-state index in [0.29, 0.717) is 0 Å². The maximum atomic E-state index is 11.5. The molecule has 1 aliphatic carbocycles. The Morgan fingerprint density at radius 2 is 1.92 bits per heavy atom. The minimum Gasteiger partial charge on any atom is -0.457 e. The lowest BCUT2D eigenvalue weighted by Crippen LogP contribution is -2.56. The van der Waals surface area contributed by atoms with Crippen LogP contribution in [0.3, 0.4) is 0 Å². The molecular formula is C9H15NO2. The van der Waals surface area contributed by atoms with Crippen LogP contribution in [0.15, 0.2) is 0 Å². The maximum absolute atomic E-state index is 11.5. The highest BCUT2D eigenvalue weighted by atomic mass is 16.6. The first-order chi connectivity index (χ1) is 5.33. The van der Waals surface area contributed by atoms with E-state index in [9.17, 15) is 4.79 Å². The Morgan fingerprint density at radius 3 is 2.08 bits per heavy atom. The van der Waals surface area contributed by atoms with E-state index in [-0.39, 0.29) is 5.97 Å². The number of carbonyl (C=O) groups excluding carboxylic acids is 1. The quantitative estimate of drug-likeness (QED) is 0.546. The van der Waals surface area contributed by atoms with E-state index in [0.717, 1.165) is 12.8 Å². The van der Waals surface area contributed by atoms with Gasteiger partial charge >= 0.3 is 5.97 Å². The molecule has 1 heterocycles. The van der Waals surface area contributed by atoms with Gasteiger partial charge in [-0.25, -0.2) is 0 Å². The first-order valence-corrected chi connectivity index (χ1v) is 4.36. The molecule has 2 bridgehead atoms. The van der Waals surface area contributed by atoms with E-state index in [2.05, 4.69) is 0 Å². The van der Waals surface area contributed by atoms with Crippen molar-refractivity contribution in [2.75, 3.05) is 0 Å². The summed E-state index contributed by atoms with van der Waals surface area (Å²) in [6.07, 6.45) is 1.75. The highest BCUT2D eigenvalue weighted by Crippen LogP contribution is 2.58. The van der Waals surface area contributed by atoms with Gasteiger partial charge in [0.2, 0.25) is 0 Å². The molecule has 12 heavy (non-hydrogen) atoms. The van der Waals surface area contributed by atoms with Gasteiger partial charge in [-0.15, -0.1) is 0 Å². The lowest BCUT2D eigenvalue weighted by Gasteiger charge is -2.33. The predicted octanol–water partition coefficient (Wildman–Crippen LogP) is 0.819. The smallest absolute Gasteiger partial charge is 0.314 e. The van der Waals surface area contributed by atoms with E-state index in [1.54, 1.807) is 0 Å². The van der Waals surface area contributed by atoms with Gasteiger partial charge in [0.05, 0.1) is 11.0 Å². The summed E-state index contributed by atoms with van der Waals surface area (Å²) >= 11 is 0. The van der Waals surface area contributed by atoms with E-state index in [1.165, 1.54) is 0 Å². The molecule has 2 fully saturated rings. The second-order valence-corrected chi connectivity index (χ2v) is 4.65. The number of carbonyl (C=O) groups is 1. The third-order valence-corrected chi connectivity index (χ3v) is 4.12. The molecule has 0 amide bonds. The van der Waals surface area contributed by atoms with Crippen LogP contribution in [0.4, 0.5) is 0 Å². The Morgan fingerprint density at radius 1 is 1.33 bits per heavy atom. The minimum atomic E-state index is -0.503. The van der Waals surface area contributed by atoms with E-state index >= 15 is 0 Å². The number of fused-ring (bicyclic) bond motifs is 2. The monoisotopic (exact) mass is 169 g/mol. The van der Waals surface area contributed by atoms with Crippen LogP contribution in [0.5, 0.6) is 0 Å². The first-order valence-electron chi connectivity index (χ1n) is 4.36. The highest BCUT2D eigenvalue weighted by Gasteiger charge is 2.71. The summed E-state index contributed by atoms with van der Waals surface area (Å²) in [5.74, 6) is -0.124. The number of rotatable bonds is 0. The Kier molecular flexibility index (Phi) is 1.13. The minimum absolute atomic E-state index is 0.124. The summed E-state index contributed by atoms with van der Waals surface area (Å²) < 4.78 is 5.30. The van der Waals surface area contributed by atoms with Crippen LogP contribution >= 0.6 is 0 Å². The molecule has 3 unspecified atom stereocenters. The normalized spacial score (nSPS) is 57.5. The van der Waals surface area contributed by atoms with Gasteiger partial charge in [0.25, 0.3) is 0 Å². The molecule has 0 radical (unpaired) electrons. The number of ether oxygens (including phenoxy) is 1. The Labute approximate surface area is 72.3 Å². The average molecular weight is 169 g/mol. The molecule has 0 spiro atoms. The summed E-state index contributed by atoms with van der Waals surface area (Å²) in [7, 11) is 0. The molecule has 2 aliphatic rings. The summed E-state index contributed by atoms with van der Waals surface area (Å²) in [5, 5.41) is 0. The van der Waals surface area contributed by atoms with Gasteiger partial charge in [0.15, 0.2) is 0 Å². The van der Waals surface area contributed by atoms with Gasteiger partial charge in [0.1, 0.15) is 5.60 Å². The van der Waals surface area contributed by atoms with Crippen molar-refractivity contribution in [3.8, 4) is 0 Å². The summed E-state index contributed by atoms with van der Waals surface area (Å²) in [6.45, 7) is 5.77. The molecule has 1 saturated heterocycles. The van der Waals surface area contributed by atoms with Gasteiger partial charge in [-0.1, -0.05) is 0 Å². The molecule has 3 heteroatoms. The van der Waals surface area contributed by atoms with Crippen molar-refractivity contribution >= 4 is 5.97 Å². The maximum Gasteiger partial charge on any atom is 0.314 e. The predicted molar refractivity (Wildman–Crippen MR) is 44.4 cm³/mol. The van der Waals surface area contributed by atoms with Crippen LogP contribution in [0.2, 0.25) is 0 Å². The molecule has 1 aliphatic heterocycles. The second-order valence-electron chi connectivity index (χ2n) is 4.65. The fraction of sp³-hybridized carbons (Fsp3) is 0.889. The van der Waals surface area contributed by atoms with Gasteiger partial charge in [-0.3, -0.25) is 4.79 Å². The van der Waals surface area contributed by atoms with Crippen molar-refractivity contribution in [1.29, 1.82) is 0 Å². The molecule has 0 aromatic carbocycles. The van der Waals surface area contributed by atoms with Crippen LogP contribution in [-0.4, -0.2) is 17.1 Å². The summed E-state index contributed by atoms with van der Waals surface area (Å²) in [4.78, 5) is 11.5. The van der Waals surface area contributed by atoms with Crippen molar-refractivity contribution in [3.63, 3.8) is 0 Å². The molecular weight excluding hydrogens is 154 g/mol. The standard InChI is InChI=1S/C9H15NO2/c1-7-4-5-8(2,9(7,3)10)12-6(7)11/h4-5,10H2,1-3H3. The summed E-state index contributed by atoms with van der Waals surface area (Å²) in [6, 6.07) is 0. The second kappa shape index (κ2) is 1.69. The lowest BCUT2D eigenvalue weighted by atomic mass is 9.73. The molecule has 2 rings (SSSR count). The number of nitrogens with two attached hydrogens (primary N) is 1. The highest BCUT2D eigenvalue weighted by molar-refractivity contribution is 5.83. The molecule has 68 valence electrons. The van der Waals surface area contributed by atoms with Crippen molar-refractivity contribution in [2.24, 2.45) is 11.1 Å². The van der Waals surface area contributed by atoms with E-state index < -0.39 is 16.6 Å². The van der Waals surface area contributed by atoms with Gasteiger partial charge in [0, 0.05) is 0 Å². The average Bonchev–Trinajstić information content (AvgIpc) is 2.18. The summed E-state index contributed by atoms with van der Waals surface area (Å²) in [5.41, 5.74) is 4.75. The van der Waals surface area contributed by atoms with Crippen molar-refractivity contribution < 1.29 is 9.53 Å². The van der Waals surface area contributed by atoms with Crippen molar-refractivity contribution in [1.82, 2.24) is 0 Å². The number of esters is 1. The molecule has 3 atom stereocenters. The van der Waals surface area contributed by atoms with E-state index in [1.807, 2.05) is 20.8 Å². The zero-order valence-electron chi connectivity index (χ0n) is 7.81. The number of hydrogen-bond acceptors (Lipinski definition) is 3. The molecule has 2 N–H and O–H groups in total. The zero-order valence-corrected chi connectivity index (χ0v) is 7.81. The molecule has 0 aromatic heterocycles. The van der Waals surface area contributed by atoms with Crippen LogP contribution in [0.1, 0.15) is 33.6 Å². The Bertz CT molecular complexity index is 261. The van der Waals surface area contributed by atoms with Gasteiger partial charge < -0.3 is 10.5 Å². The number of hydrogen-bond donors (Lipinski definition) is 1. The van der Waals surface area contributed by atoms with Crippen LogP contribution in [-0.2, 0) is 9.53 Å². The SMILES string of the molecule is CC12CCC(C)(C(=O)O1)C2(C)N. The third-order valence-electron chi connectivity index (χ3n) is 4.12. The lowest BCUT2D eigenvalue weighted by molar-refractivity contribution is -0.158. The molecule has 3 nitrogen and oxygen atoms in total. The largest absolute Gasteiger partial charge is 0.457 e.